The molecule has 0 spiro atoms. The smallest absolute Gasteiger partial charge is 0.138 e. The minimum absolute atomic E-state index is 0.484. The van der Waals surface area contributed by atoms with Gasteiger partial charge in [0.2, 0.25) is 0 Å². The summed E-state index contributed by atoms with van der Waals surface area (Å²) in [6, 6.07) is 7.64. The highest BCUT2D eigenvalue weighted by atomic mass is 35.5. The second kappa shape index (κ2) is 5.69. The molecule has 0 aliphatic rings. The summed E-state index contributed by atoms with van der Waals surface area (Å²) in [5.74, 6) is 1.52. The molecule has 2 rings (SSSR count). The van der Waals surface area contributed by atoms with Crippen molar-refractivity contribution in [1.82, 2.24) is 9.97 Å². The summed E-state index contributed by atoms with van der Waals surface area (Å²) in [5.41, 5.74) is 1.81. The molecule has 4 nitrogen and oxygen atoms in total. The number of methoxy groups -OCH3 is 1. The van der Waals surface area contributed by atoms with E-state index in [-0.39, 0.29) is 0 Å². The van der Waals surface area contributed by atoms with Gasteiger partial charge in [0.1, 0.15) is 23.0 Å². The summed E-state index contributed by atoms with van der Waals surface area (Å²) in [6.07, 6.45) is 2.22. The Hall–Kier alpha value is -1.81. The number of hydrogen-bond donors (Lipinski definition) is 1. The van der Waals surface area contributed by atoms with Crippen molar-refractivity contribution in [2.45, 2.75) is 13.3 Å². The first-order valence-electron chi connectivity index (χ1n) is 5.65. The molecule has 94 valence electrons. The van der Waals surface area contributed by atoms with E-state index in [1.807, 2.05) is 31.2 Å². The first kappa shape index (κ1) is 12.6. The second-order valence-electron chi connectivity index (χ2n) is 3.70. The van der Waals surface area contributed by atoms with Gasteiger partial charge < -0.3 is 10.1 Å². The molecule has 0 bridgehead atoms. The van der Waals surface area contributed by atoms with E-state index in [9.17, 15) is 0 Å². The van der Waals surface area contributed by atoms with Gasteiger partial charge in [-0.1, -0.05) is 24.6 Å². The predicted octanol–water partition coefficient (Wildman–Crippen LogP) is 3.44. The Kier molecular flexibility index (Phi) is 3.99. The minimum Gasteiger partial charge on any atom is -0.497 e. The van der Waals surface area contributed by atoms with E-state index in [4.69, 9.17) is 16.3 Å². The lowest BCUT2D eigenvalue weighted by atomic mass is 10.2. The van der Waals surface area contributed by atoms with Crippen LogP contribution in [0.4, 0.5) is 11.5 Å². The van der Waals surface area contributed by atoms with Crippen molar-refractivity contribution in [3.8, 4) is 5.75 Å². The van der Waals surface area contributed by atoms with Crippen LogP contribution in [0.5, 0.6) is 5.75 Å². The van der Waals surface area contributed by atoms with Crippen molar-refractivity contribution in [1.29, 1.82) is 0 Å². The maximum Gasteiger partial charge on any atom is 0.138 e. The number of aromatic nitrogens is 2. The van der Waals surface area contributed by atoms with E-state index < -0.39 is 0 Å². The second-order valence-corrected chi connectivity index (χ2v) is 4.06. The van der Waals surface area contributed by atoms with E-state index >= 15 is 0 Å². The van der Waals surface area contributed by atoms with E-state index in [0.717, 1.165) is 29.2 Å². The molecule has 18 heavy (non-hydrogen) atoms. The monoisotopic (exact) mass is 263 g/mol. The maximum atomic E-state index is 6.04. The van der Waals surface area contributed by atoms with Crippen LogP contribution in [0, 0.1) is 0 Å². The fraction of sp³-hybridized carbons (Fsp3) is 0.231. The lowest BCUT2D eigenvalue weighted by Gasteiger charge is -2.11. The molecule has 0 unspecified atom stereocenters. The predicted molar refractivity (Wildman–Crippen MR) is 72.7 cm³/mol. The summed E-state index contributed by atoms with van der Waals surface area (Å²) in [6.45, 7) is 2.02. The van der Waals surface area contributed by atoms with Crippen LogP contribution in [0.3, 0.4) is 0 Å². The normalized spacial score (nSPS) is 10.2. The van der Waals surface area contributed by atoms with Crippen LogP contribution in [0.2, 0.25) is 5.15 Å². The topological polar surface area (TPSA) is 47.0 Å². The molecule has 0 saturated heterocycles. The summed E-state index contributed by atoms with van der Waals surface area (Å²) < 4.78 is 5.17. The van der Waals surface area contributed by atoms with Crippen LogP contribution in [0.15, 0.2) is 30.6 Å². The maximum absolute atomic E-state index is 6.04. The molecule has 0 atom stereocenters. The molecule has 0 fully saturated rings. The molecule has 0 radical (unpaired) electrons. The standard InChI is InChI=1S/C13H14ClN3O/c1-3-11-12(14)15-8-16-13(11)17-9-5-4-6-10(7-9)18-2/h4-8H,3H2,1-2H3,(H,15,16,17). The number of halogens is 1. The Bertz CT molecular complexity index is 546. The van der Waals surface area contributed by atoms with Gasteiger partial charge in [0, 0.05) is 17.3 Å². The Balaban J connectivity index is 2.30. The van der Waals surface area contributed by atoms with Gasteiger partial charge in [-0.15, -0.1) is 0 Å². The Morgan fingerprint density at radius 2 is 2.17 bits per heavy atom. The highest BCUT2D eigenvalue weighted by Gasteiger charge is 2.08. The largest absolute Gasteiger partial charge is 0.497 e. The molecule has 1 aromatic heterocycles. The zero-order chi connectivity index (χ0) is 13.0. The molecule has 0 saturated carbocycles. The van der Waals surface area contributed by atoms with Gasteiger partial charge in [0.25, 0.3) is 0 Å². The summed E-state index contributed by atoms with van der Waals surface area (Å²) in [4.78, 5) is 8.19. The third kappa shape index (κ3) is 2.71. The molecule has 1 heterocycles. The van der Waals surface area contributed by atoms with E-state index in [1.54, 1.807) is 7.11 Å². The fourth-order valence-electron chi connectivity index (χ4n) is 1.65. The van der Waals surface area contributed by atoms with Crippen LogP contribution in [-0.4, -0.2) is 17.1 Å². The van der Waals surface area contributed by atoms with Crippen LogP contribution < -0.4 is 10.1 Å². The van der Waals surface area contributed by atoms with Gasteiger partial charge in [-0.2, -0.15) is 0 Å². The first-order valence-corrected chi connectivity index (χ1v) is 6.02. The number of anilines is 2. The molecule has 2 aromatic rings. The minimum atomic E-state index is 0.484. The van der Waals surface area contributed by atoms with Crippen LogP contribution in [0.1, 0.15) is 12.5 Å². The van der Waals surface area contributed by atoms with Gasteiger partial charge in [0.15, 0.2) is 0 Å². The van der Waals surface area contributed by atoms with Crippen molar-refractivity contribution in [2.75, 3.05) is 12.4 Å². The number of ether oxygens (including phenoxy) is 1. The van der Waals surface area contributed by atoms with E-state index in [1.165, 1.54) is 6.33 Å². The van der Waals surface area contributed by atoms with Gasteiger partial charge >= 0.3 is 0 Å². The average molecular weight is 264 g/mol. The van der Waals surface area contributed by atoms with E-state index in [2.05, 4.69) is 15.3 Å². The molecular weight excluding hydrogens is 250 g/mol. The number of benzene rings is 1. The van der Waals surface area contributed by atoms with Gasteiger partial charge in [-0.3, -0.25) is 0 Å². The highest BCUT2D eigenvalue weighted by Crippen LogP contribution is 2.25. The number of nitrogens with one attached hydrogen (secondary N) is 1. The average Bonchev–Trinajstić information content (AvgIpc) is 2.39. The summed E-state index contributed by atoms with van der Waals surface area (Å²) >= 11 is 6.04. The quantitative estimate of drug-likeness (QED) is 0.859. The van der Waals surface area contributed by atoms with Crippen molar-refractivity contribution in [3.63, 3.8) is 0 Å². The molecule has 1 aromatic carbocycles. The zero-order valence-corrected chi connectivity index (χ0v) is 11.0. The molecule has 0 aliphatic carbocycles. The fourth-order valence-corrected chi connectivity index (χ4v) is 1.92. The molecular formula is C13H14ClN3O. The first-order chi connectivity index (χ1) is 8.74. The number of nitrogens with zero attached hydrogens (tertiary/aromatic N) is 2. The summed E-state index contributed by atoms with van der Waals surface area (Å²) in [7, 11) is 1.64. The molecule has 0 aliphatic heterocycles. The Morgan fingerprint density at radius 3 is 2.89 bits per heavy atom. The van der Waals surface area contributed by atoms with Crippen molar-refractivity contribution < 1.29 is 4.74 Å². The van der Waals surface area contributed by atoms with Crippen LogP contribution in [0.25, 0.3) is 0 Å². The number of rotatable bonds is 4. The highest BCUT2D eigenvalue weighted by molar-refractivity contribution is 6.30. The Morgan fingerprint density at radius 1 is 1.33 bits per heavy atom. The van der Waals surface area contributed by atoms with Crippen molar-refractivity contribution in [2.24, 2.45) is 0 Å². The van der Waals surface area contributed by atoms with Gasteiger partial charge in [-0.25, -0.2) is 9.97 Å². The van der Waals surface area contributed by atoms with Crippen molar-refractivity contribution in [3.05, 3.63) is 41.3 Å². The van der Waals surface area contributed by atoms with Gasteiger partial charge in [-0.05, 0) is 18.6 Å². The SMILES string of the molecule is CCc1c(Cl)ncnc1Nc1cccc(OC)c1. The number of hydrogen-bond acceptors (Lipinski definition) is 4. The van der Waals surface area contributed by atoms with Gasteiger partial charge in [0.05, 0.1) is 7.11 Å². The van der Waals surface area contributed by atoms with E-state index in [0.29, 0.717) is 5.15 Å². The van der Waals surface area contributed by atoms with Crippen molar-refractivity contribution >= 4 is 23.1 Å². The molecule has 1 N–H and O–H groups in total. The lowest BCUT2D eigenvalue weighted by molar-refractivity contribution is 0.415. The zero-order valence-electron chi connectivity index (χ0n) is 10.3. The third-order valence-corrected chi connectivity index (χ3v) is 2.90. The lowest BCUT2D eigenvalue weighted by Crippen LogP contribution is -2.00. The molecule has 0 amide bonds. The molecule has 5 heteroatoms. The van der Waals surface area contributed by atoms with Crippen LogP contribution >= 0.6 is 11.6 Å². The van der Waals surface area contributed by atoms with Crippen LogP contribution in [-0.2, 0) is 6.42 Å². The third-order valence-electron chi connectivity index (χ3n) is 2.58. The Labute approximate surface area is 111 Å². The summed E-state index contributed by atoms with van der Waals surface area (Å²) in [5, 5.41) is 3.71.